The quantitative estimate of drug-likeness (QED) is 0.798. The molecule has 1 heterocycles. The number of aromatic nitrogens is 1. The zero-order chi connectivity index (χ0) is 10.7. The van der Waals surface area contributed by atoms with Crippen molar-refractivity contribution in [2.45, 2.75) is 26.3 Å². The van der Waals surface area contributed by atoms with Gasteiger partial charge in [0.15, 0.2) is 0 Å². The van der Waals surface area contributed by atoms with Crippen LogP contribution in [-0.4, -0.2) is 23.0 Å². The van der Waals surface area contributed by atoms with Crippen LogP contribution in [-0.2, 0) is 6.54 Å². The number of anilines is 1. The Hall–Kier alpha value is -1.09. The lowest BCUT2D eigenvalue weighted by atomic mass is 10.3. The molecule has 1 saturated carbocycles. The summed E-state index contributed by atoms with van der Waals surface area (Å²) >= 11 is 0. The summed E-state index contributed by atoms with van der Waals surface area (Å²) < 4.78 is 0. The van der Waals surface area contributed by atoms with Crippen LogP contribution in [0.3, 0.4) is 0 Å². The van der Waals surface area contributed by atoms with Crippen molar-refractivity contribution < 1.29 is 0 Å². The highest BCUT2D eigenvalue weighted by atomic mass is 15.1. The summed E-state index contributed by atoms with van der Waals surface area (Å²) in [4.78, 5) is 6.77. The second-order valence-corrected chi connectivity index (χ2v) is 4.32. The number of pyridine rings is 1. The molecule has 0 unspecified atom stereocenters. The van der Waals surface area contributed by atoms with Gasteiger partial charge in [-0.15, -0.1) is 0 Å². The molecule has 0 radical (unpaired) electrons. The summed E-state index contributed by atoms with van der Waals surface area (Å²) in [6, 6.07) is 5.86. The van der Waals surface area contributed by atoms with Gasteiger partial charge in [0.25, 0.3) is 0 Å². The van der Waals surface area contributed by atoms with Crippen molar-refractivity contribution in [3.05, 3.63) is 23.9 Å². The van der Waals surface area contributed by atoms with Crippen LogP contribution in [0, 0.1) is 5.92 Å². The van der Waals surface area contributed by atoms with Gasteiger partial charge in [-0.2, -0.15) is 0 Å². The second kappa shape index (κ2) is 4.62. The Morgan fingerprint density at radius 1 is 1.47 bits per heavy atom. The zero-order valence-electron chi connectivity index (χ0n) is 9.32. The molecule has 1 fully saturated rings. The normalized spacial score (nSPS) is 15.9. The molecule has 1 aromatic rings. The first-order valence-corrected chi connectivity index (χ1v) is 5.71. The molecule has 0 amide bonds. The molecule has 3 heteroatoms. The second-order valence-electron chi connectivity index (χ2n) is 4.32. The molecule has 82 valence electrons. The number of nitrogens with zero attached hydrogens (tertiary/aromatic N) is 2. The predicted octanol–water partition coefficient (Wildman–Crippen LogP) is 1.90. The molecular weight excluding hydrogens is 186 g/mol. The maximum absolute atomic E-state index is 5.66. The van der Waals surface area contributed by atoms with Crippen LogP contribution in [0.15, 0.2) is 18.2 Å². The van der Waals surface area contributed by atoms with E-state index in [9.17, 15) is 0 Å². The Morgan fingerprint density at radius 3 is 2.87 bits per heavy atom. The Morgan fingerprint density at radius 2 is 2.27 bits per heavy atom. The summed E-state index contributed by atoms with van der Waals surface area (Å²) in [6.07, 6.45) is 2.81. The van der Waals surface area contributed by atoms with Crippen LogP contribution < -0.4 is 5.73 Å². The monoisotopic (exact) mass is 205 g/mol. The van der Waals surface area contributed by atoms with E-state index in [1.54, 1.807) is 0 Å². The topological polar surface area (TPSA) is 42.1 Å². The Labute approximate surface area is 91.3 Å². The van der Waals surface area contributed by atoms with Crippen LogP contribution >= 0.6 is 0 Å². The van der Waals surface area contributed by atoms with Crippen molar-refractivity contribution in [2.24, 2.45) is 5.92 Å². The lowest BCUT2D eigenvalue weighted by Gasteiger charge is -2.19. The van der Waals surface area contributed by atoms with Crippen molar-refractivity contribution in [3.63, 3.8) is 0 Å². The van der Waals surface area contributed by atoms with Gasteiger partial charge in [-0.3, -0.25) is 4.90 Å². The van der Waals surface area contributed by atoms with Gasteiger partial charge in [-0.1, -0.05) is 13.0 Å². The fourth-order valence-corrected chi connectivity index (χ4v) is 1.79. The maximum atomic E-state index is 5.66. The van der Waals surface area contributed by atoms with E-state index in [1.807, 2.05) is 18.2 Å². The van der Waals surface area contributed by atoms with Gasteiger partial charge >= 0.3 is 0 Å². The summed E-state index contributed by atoms with van der Waals surface area (Å²) in [6.45, 7) is 5.44. The van der Waals surface area contributed by atoms with Crippen molar-refractivity contribution >= 4 is 5.82 Å². The van der Waals surface area contributed by atoms with E-state index in [0.717, 1.165) is 24.7 Å². The van der Waals surface area contributed by atoms with E-state index >= 15 is 0 Å². The number of hydrogen-bond acceptors (Lipinski definition) is 3. The highest BCUT2D eigenvalue weighted by Gasteiger charge is 2.23. The Bertz CT molecular complexity index is 320. The van der Waals surface area contributed by atoms with Gasteiger partial charge in [-0.05, 0) is 37.4 Å². The molecule has 2 N–H and O–H groups in total. The molecule has 0 saturated heterocycles. The largest absolute Gasteiger partial charge is 0.384 e. The van der Waals surface area contributed by atoms with Crippen molar-refractivity contribution in [1.29, 1.82) is 0 Å². The van der Waals surface area contributed by atoms with Crippen LogP contribution in [0.4, 0.5) is 5.82 Å². The number of nitrogen functional groups attached to an aromatic ring is 1. The molecule has 15 heavy (non-hydrogen) atoms. The van der Waals surface area contributed by atoms with E-state index in [-0.39, 0.29) is 0 Å². The van der Waals surface area contributed by atoms with E-state index in [0.29, 0.717) is 5.82 Å². The molecule has 0 spiro atoms. The Kier molecular flexibility index (Phi) is 3.21. The van der Waals surface area contributed by atoms with Gasteiger partial charge in [0, 0.05) is 13.1 Å². The summed E-state index contributed by atoms with van der Waals surface area (Å²) in [7, 11) is 0. The average Bonchev–Trinajstić information content (AvgIpc) is 3.01. The maximum Gasteiger partial charge on any atom is 0.123 e. The minimum atomic E-state index is 0.620. The first-order valence-electron chi connectivity index (χ1n) is 5.71. The number of rotatable bonds is 5. The first kappa shape index (κ1) is 10.4. The lowest BCUT2D eigenvalue weighted by molar-refractivity contribution is 0.265. The van der Waals surface area contributed by atoms with E-state index in [1.165, 1.54) is 19.4 Å². The van der Waals surface area contributed by atoms with E-state index in [4.69, 9.17) is 5.73 Å². The first-order chi connectivity index (χ1) is 7.28. The van der Waals surface area contributed by atoms with Crippen molar-refractivity contribution in [1.82, 2.24) is 9.88 Å². The highest BCUT2D eigenvalue weighted by molar-refractivity contribution is 5.28. The third kappa shape index (κ3) is 3.20. The van der Waals surface area contributed by atoms with Gasteiger partial charge in [0.05, 0.1) is 5.69 Å². The van der Waals surface area contributed by atoms with E-state index < -0.39 is 0 Å². The third-order valence-electron chi connectivity index (χ3n) is 2.87. The molecule has 0 aromatic carbocycles. The lowest BCUT2D eigenvalue weighted by Crippen LogP contribution is -2.25. The smallest absolute Gasteiger partial charge is 0.123 e. The molecular formula is C12H19N3. The van der Waals surface area contributed by atoms with Crippen molar-refractivity contribution in [3.8, 4) is 0 Å². The minimum Gasteiger partial charge on any atom is -0.384 e. The number of hydrogen-bond donors (Lipinski definition) is 1. The highest BCUT2D eigenvalue weighted by Crippen LogP contribution is 2.29. The molecule has 0 aliphatic heterocycles. The fraction of sp³-hybridized carbons (Fsp3) is 0.583. The van der Waals surface area contributed by atoms with Gasteiger partial charge < -0.3 is 5.73 Å². The van der Waals surface area contributed by atoms with Crippen molar-refractivity contribution in [2.75, 3.05) is 18.8 Å². The standard InChI is InChI=1S/C12H19N3/c1-2-15(8-10-6-7-10)9-11-4-3-5-12(13)14-11/h3-5,10H,2,6-9H2,1H3,(H2,13,14). The summed E-state index contributed by atoms with van der Waals surface area (Å²) in [5.74, 6) is 1.56. The third-order valence-corrected chi connectivity index (χ3v) is 2.87. The van der Waals surface area contributed by atoms with Crippen LogP contribution in [0.2, 0.25) is 0 Å². The van der Waals surface area contributed by atoms with Crippen LogP contribution in [0.1, 0.15) is 25.5 Å². The molecule has 0 bridgehead atoms. The molecule has 1 aliphatic carbocycles. The van der Waals surface area contributed by atoms with Gasteiger partial charge in [0.2, 0.25) is 0 Å². The van der Waals surface area contributed by atoms with Gasteiger partial charge in [0.1, 0.15) is 5.82 Å². The van der Waals surface area contributed by atoms with Crippen LogP contribution in [0.25, 0.3) is 0 Å². The number of nitrogens with two attached hydrogens (primary N) is 1. The summed E-state index contributed by atoms with van der Waals surface area (Å²) in [5.41, 5.74) is 6.74. The SMILES string of the molecule is CCN(Cc1cccc(N)n1)CC1CC1. The van der Waals surface area contributed by atoms with E-state index in [2.05, 4.69) is 16.8 Å². The zero-order valence-corrected chi connectivity index (χ0v) is 9.32. The minimum absolute atomic E-state index is 0.620. The Balaban J connectivity index is 1.92. The molecule has 2 rings (SSSR count). The summed E-state index contributed by atoms with van der Waals surface area (Å²) in [5, 5.41) is 0. The van der Waals surface area contributed by atoms with Crippen LogP contribution in [0.5, 0.6) is 0 Å². The predicted molar refractivity (Wildman–Crippen MR) is 62.3 cm³/mol. The molecule has 3 nitrogen and oxygen atoms in total. The average molecular weight is 205 g/mol. The molecule has 0 atom stereocenters. The molecule has 1 aromatic heterocycles. The van der Waals surface area contributed by atoms with Gasteiger partial charge in [-0.25, -0.2) is 4.98 Å². The molecule has 1 aliphatic rings. The fourth-order valence-electron chi connectivity index (χ4n) is 1.79.